The van der Waals surface area contributed by atoms with Crippen molar-refractivity contribution in [2.75, 3.05) is 6.54 Å². The molecule has 1 atom stereocenters. The van der Waals surface area contributed by atoms with Crippen LogP contribution in [0.25, 0.3) is 0 Å². The van der Waals surface area contributed by atoms with Crippen molar-refractivity contribution in [2.24, 2.45) is 5.73 Å². The average Bonchev–Trinajstić information content (AvgIpc) is 2.43. The topological polar surface area (TPSA) is 104 Å². The first kappa shape index (κ1) is 20.7. The third-order valence-corrected chi connectivity index (χ3v) is 2.58. The van der Waals surface area contributed by atoms with E-state index in [-0.39, 0.29) is 6.04 Å². The van der Waals surface area contributed by atoms with Crippen molar-refractivity contribution in [1.29, 1.82) is 0 Å². The van der Waals surface area contributed by atoms with Crippen molar-refractivity contribution >= 4 is 12.1 Å². The van der Waals surface area contributed by atoms with Crippen molar-refractivity contribution in [3.8, 4) is 0 Å². The highest BCUT2D eigenvalue weighted by Gasteiger charge is 2.38. The second-order valence-electron chi connectivity index (χ2n) is 4.76. The van der Waals surface area contributed by atoms with Crippen LogP contribution in [0.3, 0.4) is 0 Å². The van der Waals surface area contributed by atoms with Crippen LogP contribution in [0.5, 0.6) is 0 Å². The Morgan fingerprint density at radius 1 is 1.22 bits per heavy atom. The van der Waals surface area contributed by atoms with Gasteiger partial charge in [0.1, 0.15) is 0 Å². The molecule has 23 heavy (non-hydrogen) atoms. The van der Waals surface area contributed by atoms with Gasteiger partial charge in [-0.1, -0.05) is 30.3 Å². The highest BCUT2D eigenvalue weighted by Crippen LogP contribution is 2.13. The molecule has 0 aromatic heterocycles. The summed E-state index contributed by atoms with van der Waals surface area (Å²) in [7, 11) is 0. The van der Waals surface area contributed by atoms with E-state index in [0.29, 0.717) is 19.5 Å². The Kier molecular flexibility index (Phi) is 8.71. The molecule has 0 saturated heterocycles. The molecule has 0 aliphatic carbocycles. The number of alkyl halides is 3. The van der Waals surface area contributed by atoms with Gasteiger partial charge in [0, 0.05) is 19.1 Å². The molecule has 130 valence electrons. The van der Waals surface area contributed by atoms with Crippen LogP contribution in [0.2, 0.25) is 0 Å². The molecule has 1 amide bonds. The lowest BCUT2D eigenvalue weighted by Gasteiger charge is -2.20. The van der Waals surface area contributed by atoms with E-state index in [1.807, 2.05) is 37.3 Å². The lowest BCUT2D eigenvalue weighted by atomic mass is 10.2. The molecule has 1 aromatic carbocycles. The number of carboxylic acid groups (broad SMARTS) is 2. The van der Waals surface area contributed by atoms with Gasteiger partial charge in [0.15, 0.2) is 0 Å². The predicted octanol–water partition coefficient (Wildman–Crippen LogP) is 2.54. The number of nitrogens with two attached hydrogens (primary N) is 1. The summed E-state index contributed by atoms with van der Waals surface area (Å²) in [5, 5.41) is 16.2. The molecular formula is C14H19F3N2O4. The Hall–Kier alpha value is -2.29. The summed E-state index contributed by atoms with van der Waals surface area (Å²) in [6, 6.07) is 9.58. The summed E-state index contributed by atoms with van der Waals surface area (Å²) >= 11 is 0. The van der Waals surface area contributed by atoms with Crippen LogP contribution in [0, 0.1) is 0 Å². The van der Waals surface area contributed by atoms with Crippen LogP contribution in [-0.2, 0) is 11.3 Å². The number of benzene rings is 1. The van der Waals surface area contributed by atoms with E-state index in [0.717, 1.165) is 5.56 Å². The first-order valence-corrected chi connectivity index (χ1v) is 6.61. The minimum Gasteiger partial charge on any atom is -0.475 e. The normalized spacial score (nSPS) is 11.9. The zero-order valence-corrected chi connectivity index (χ0v) is 12.5. The standard InChI is InChI=1S/C12H18N2O2.C2HF3O2/c1-10(13)7-8-14(12(15)16)9-11-5-3-2-4-6-11;3-2(4,5)1(6)7/h2-6,10H,7-9,13H2,1H3,(H,15,16);(H,6,7). The summed E-state index contributed by atoms with van der Waals surface area (Å²) < 4.78 is 31.7. The van der Waals surface area contributed by atoms with Gasteiger partial charge in [-0.05, 0) is 18.9 Å². The number of hydrogen-bond acceptors (Lipinski definition) is 3. The summed E-state index contributed by atoms with van der Waals surface area (Å²) in [6.45, 7) is 2.77. The zero-order chi connectivity index (χ0) is 18.0. The van der Waals surface area contributed by atoms with Gasteiger partial charge in [-0.2, -0.15) is 13.2 Å². The molecule has 6 nitrogen and oxygen atoms in total. The first-order chi connectivity index (χ1) is 10.5. The molecule has 1 rings (SSSR count). The lowest BCUT2D eigenvalue weighted by molar-refractivity contribution is -0.192. The van der Waals surface area contributed by atoms with E-state index < -0.39 is 18.2 Å². The molecule has 0 bridgehead atoms. The van der Waals surface area contributed by atoms with Crippen molar-refractivity contribution in [1.82, 2.24) is 4.90 Å². The van der Waals surface area contributed by atoms with Gasteiger partial charge in [-0.25, -0.2) is 9.59 Å². The minimum atomic E-state index is -5.08. The maximum Gasteiger partial charge on any atom is 0.490 e. The third-order valence-electron chi connectivity index (χ3n) is 2.58. The van der Waals surface area contributed by atoms with Crippen LogP contribution in [0.15, 0.2) is 30.3 Å². The van der Waals surface area contributed by atoms with Gasteiger partial charge in [-0.15, -0.1) is 0 Å². The van der Waals surface area contributed by atoms with E-state index in [4.69, 9.17) is 20.7 Å². The molecule has 0 heterocycles. The van der Waals surface area contributed by atoms with E-state index in [9.17, 15) is 18.0 Å². The Morgan fingerprint density at radius 3 is 2.04 bits per heavy atom. The lowest BCUT2D eigenvalue weighted by Crippen LogP contribution is -2.33. The van der Waals surface area contributed by atoms with Gasteiger partial charge < -0.3 is 20.8 Å². The fourth-order valence-corrected chi connectivity index (χ4v) is 1.41. The Morgan fingerprint density at radius 2 is 1.70 bits per heavy atom. The number of hydrogen-bond donors (Lipinski definition) is 3. The summed E-state index contributed by atoms with van der Waals surface area (Å²) in [6.07, 6.45) is -5.30. The SMILES string of the molecule is CC(N)CCN(Cc1ccccc1)C(=O)O.O=C(O)C(F)(F)F. The number of nitrogens with zero attached hydrogens (tertiary/aromatic N) is 1. The molecule has 0 saturated carbocycles. The second-order valence-corrected chi connectivity index (χ2v) is 4.76. The highest BCUT2D eigenvalue weighted by molar-refractivity contribution is 5.73. The predicted molar refractivity (Wildman–Crippen MR) is 76.8 cm³/mol. The van der Waals surface area contributed by atoms with Gasteiger partial charge in [0.2, 0.25) is 0 Å². The molecule has 1 unspecified atom stereocenters. The highest BCUT2D eigenvalue weighted by atomic mass is 19.4. The van der Waals surface area contributed by atoms with E-state index in [2.05, 4.69) is 0 Å². The van der Waals surface area contributed by atoms with Crippen molar-refractivity contribution in [3.05, 3.63) is 35.9 Å². The van der Waals surface area contributed by atoms with Crippen molar-refractivity contribution < 1.29 is 33.0 Å². The molecule has 0 aliphatic heterocycles. The zero-order valence-electron chi connectivity index (χ0n) is 12.5. The molecule has 0 spiro atoms. The third kappa shape index (κ3) is 10.1. The van der Waals surface area contributed by atoms with Gasteiger partial charge in [0.05, 0.1) is 0 Å². The van der Waals surface area contributed by atoms with E-state index in [1.54, 1.807) is 0 Å². The fourth-order valence-electron chi connectivity index (χ4n) is 1.41. The molecule has 4 N–H and O–H groups in total. The molecule has 0 fully saturated rings. The molecule has 0 radical (unpaired) electrons. The average molecular weight is 336 g/mol. The summed E-state index contributed by atoms with van der Waals surface area (Å²) in [5.41, 5.74) is 6.61. The fraction of sp³-hybridized carbons (Fsp3) is 0.429. The van der Waals surface area contributed by atoms with Gasteiger partial charge >= 0.3 is 18.2 Å². The van der Waals surface area contributed by atoms with Crippen LogP contribution >= 0.6 is 0 Å². The molecule has 9 heteroatoms. The number of carbonyl (C=O) groups is 2. The van der Waals surface area contributed by atoms with Crippen molar-refractivity contribution in [2.45, 2.75) is 32.1 Å². The van der Waals surface area contributed by atoms with Crippen LogP contribution < -0.4 is 5.73 Å². The maximum atomic E-state index is 11.0. The number of rotatable bonds is 5. The Balaban J connectivity index is 0.000000585. The number of carboxylic acids is 1. The molecule has 1 aromatic rings. The van der Waals surface area contributed by atoms with Crippen LogP contribution in [0.4, 0.5) is 18.0 Å². The molecule has 0 aliphatic rings. The first-order valence-electron chi connectivity index (χ1n) is 6.61. The quantitative estimate of drug-likeness (QED) is 0.766. The minimum absolute atomic E-state index is 0.0256. The van der Waals surface area contributed by atoms with E-state index >= 15 is 0 Å². The maximum absolute atomic E-state index is 11.0. The van der Waals surface area contributed by atoms with Crippen molar-refractivity contribution in [3.63, 3.8) is 0 Å². The monoisotopic (exact) mass is 336 g/mol. The van der Waals surface area contributed by atoms with E-state index in [1.165, 1.54) is 4.90 Å². The summed E-state index contributed by atoms with van der Waals surface area (Å²) in [5.74, 6) is -2.76. The smallest absolute Gasteiger partial charge is 0.475 e. The summed E-state index contributed by atoms with van der Waals surface area (Å²) in [4.78, 5) is 21.3. The second kappa shape index (κ2) is 9.67. The number of aliphatic carboxylic acids is 1. The van der Waals surface area contributed by atoms with Gasteiger partial charge in [0.25, 0.3) is 0 Å². The largest absolute Gasteiger partial charge is 0.490 e. The van der Waals surface area contributed by atoms with Crippen LogP contribution in [0.1, 0.15) is 18.9 Å². The molecular weight excluding hydrogens is 317 g/mol. The van der Waals surface area contributed by atoms with Gasteiger partial charge in [-0.3, -0.25) is 0 Å². The Bertz CT molecular complexity index is 493. The Labute approximate surface area is 131 Å². The van der Waals surface area contributed by atoms with Crippen LogP contribution in [-0.4, -0.2) is 45.9 Å². The number of halogens is 3. The number of amides is 1.